The van der Waals surface area contributed by atoms with Crippen LogP contribution in [0.4, 0.5) is 0 Å². The lowest BCUT2D eigenvalue weighted by Crippen LogP contribution is -2.51. The fourth-order valence-electron chi connectivity index (χ4n) is 3.15. The van der Waals surface area contributed by atoms with Crippen LogP contribution in [-0.4, -0.2) is 49.2 Å². The number of likely N-dealkylation sites (N-methyl/N-ethyl adjacent to an activating group) is 1. The summed E-state index contributed by atoms with van der Waals surface area (Å²) in [4.78, 5) is 23.2. The number of nitrogens with zero attached hydrogens (tertiary/aromatic N) is 1. The van der Waals surface area contributed by atoms with E-state index in [0.717, 1.165) is 49.1 Å². The first-order valence-corrected chi connectivity index (χ1v) is 9.20. The van der Waals surface area contributed by atoms with Crippen LogP contribution in [-0.2, 0) is 20.9 Å². The van der Waals surface area contributed by atoms with Crippen molar-refractivity contribution in [3.8, 4) is 0 Å². The number of hydrogen-bond donors (Lipinski definition) is 0. The van der Waals surface area contributed by atoms with Crippen LogP contribution in [0.1, 0.15) is 56.5 Å². The van der Waals surface area contributed by atoms with Crippen molar-refractivity contribution in [1.29, 1.82) is 0 Å². The highest BCUT2D eigenvalue weighted by Crippen LogP contribution is 2.12. The van der Waals surface area contributed by atoms with Gasteiger partial charge in [0.2, 0.25) is 0 Å². The second-order valence-electron chi connectivity index (χ2n) is 6.45. The third kappa shape index (κ3) is 7.26. The number of esters is 2. The zero-order chi connectivity index (χ0) is 18.7. The summed E-state index contributed by atoms with van der Waals surface area (Å²) in [6.07, 6.45) is 2.25. The lowest BCUT2D eigenvalue weighted by atomic mass is 10.1. The highest BCUT2D eigenvalue weighted by molar-refractivity contribution is 5.89. The molecule has 0 spiro atoms. The molecule has 1 aromatic carbocycles. The molecule has 140 valence electrons. The maximum Gasteiger partial charge on any atom is 0.338 e. The molecule has 0 fully saturated rings. The van der Waals surface area contributed by atoms with E-state index in [1.165, 1.54) is 6.92 Å². The molecule has 0 radical (unpaired) electrons. The number of rotatable bonds is 11. The van der Waals surface area contributed by atoms with E-state index in [1.54, 1.807) is 18.2 Å². The van der Waals surface area contributed by atoms with Crippen LogP contribution in [0.25, 0.3) is 0 Å². The van der Waals surface area contributed by atoms with Crippen molar-refractivity contribution in [3.05, 3.63) is 35.4 Å². The molecule has 1 rings (SSSR count). The zero-order valence-electron chi connectivity index (χ0n) is 16.0. The fourth-order valence-corrected chi connectivity index (χ4v) is 3.15. The lowest BCUT2D eigenvalue weighted by molar-refractivity contribution is -0.926. The minimum absolute atomic E-state index is 0.166. The molecule has 0 bridgehead atoms. The topological polar surface area (TPSA) is 52.6 Å². The lowest BCUT2D eigenvalue weighted by Gasteiger charge is -2.37. The molecule has 0 amide bonds. The van der Waals surface area contributed by atoms with Crippen LogP contribution >= 0.6 is 0 Å². The summed E-state index contributed by atoms with van der Waals surface area (Å²) in [5, 5.41) is 0. The monoisotopic (exact) mass is 350 g/mol. The van der Waals surface area contributed by atoms with E-state index in [2.05, 4.69) is 20.8 Å². The van der Waals surface area contributed by atoms with Crippen LogP contribution in [0.15, 0.2) is 24.3 Å². The van der Waals surface area contributed by atoms with E-state index in [-0.39, 0.29) is 18.5 Å². The number of carbonyl (C=O) groups is 2. The quantitative estimate of drug-likeness (QED) is 0.452. The molecule has 0 heterocycles. The Morgan fingerprint density at radius 1 is 1.00 bits per heavy atom. The summed E-state index contributed by atoms with van der Waals surface area (Å²) in [5.41, 5.74) is 1.27. The van der Waals surface area contributed by atoms with Gasteiger partial charge >= 0.3 is 11.9 Å². The minimum Gasteiger partial charge on any atom is -0.461 e. The van der Waals surface area contributed by atoms with Gasteiger partial charge in [-0.05, 0) is 37.5 Å². The van der Waals surface area contributed by atoms with Crippen LogP contribution in [0.5, 0.6) is 0 Å². The van der Waals surface area contributed by atoms with Crippen molar-refractivity contribution >= 4 is 11.9 Å². The standard InChI is InChI=1S/C20H32NO4/c1-5-11-21(7-3,12-6-2)13-14-24-20(23)19-10-8-9-18(15-19)16-25-17(4)22/h8-10,15H,5-7,11-14,16H2,1-4H3/q+1. The summed E-state index contributed by atoms with van der Waals surface area (Å²) in [7, 11) is 0. The summed E-state index contributed by atoms with van der Waals surface area (Å²) < 4.78 is 11.5. The van der Waals surface area contributed by atoms with Gasteiger partial charge in [-0.2, -0.15) is 0 Å². The first-order chi connectivity index (χ1) is 12.0. The minimum atomic E-state index is -0.339. The number of ether oxygens (including phenoxy) is 2. The first-order valence-electron chi connectivity index (χ1n) is 9.20. The van der Waals surface area contributed by atoms with Gasteiger partial charge in [-0.25, -0.2) is 4.79 Å². The van der Waals surface area contributed by atoms with Crippen molar-refractivity contribution in [2.45, 2.75) is 47.1 Å². The number of hydrogen-bond acceptors (Lipinski definition) is 4. The molecule has 0 unspecified atom stereocenters. The van der Waals surface area contributed by atoms with E-state index in [9.17, 15) is 9.59 Å². The Kier molecular flexibility index (Phi) is 9.21. The second-order valence-corrected chi connectivity index (χ2v) is 6.45. The van der Waals surface area contributed by atoms with Crippen molar-refractivity contribution < 1.29 is 23.5 Å². The molecule has 0 N–H and O–H groups in total. The van der Waals surface area contributed by atoms with Gasteiger partial charge in [-0.3, -0.25) is 4.79 Å². The van der Waals surface area contributed by atoms with Gasteiger partial charge in [0.1, 0.15) is 19.8 Å². The molecule has 0 aliphatic rings. The van der Waals surface area contributed by atoms with Crippen molar-refractivity contribution in [1.82, 2.24) is 0 Å². The van der Waals surface area contributed by atoms with Gasteiger partial charge in [-0.15, -0.1) is 0 Å². The van der Waals surface area contributed by atoms with E-state index in [0.29, 0.717) is 12.2 Å². The Bertz CT molecular complexity index is 550. The molecule has 0 aliphatic heterocycles. The van der Waals surface area contributed by atoms with Crippen molar-refractivity contribution in [2.24, 2.45) is 0 Å². The van der Waals surface area contributed by atoms with E-state index in [4.69, 9.17) is 9.47 Å². The number of quaternary nitrogens is 1. The van der Waals surface area contributed by atoms with E-state index >= 15 is 0 Å². The van der Waals surface area contributed by atoms with E-state index in [1.807, 2.05) is 6.07 Å². The molecular formula is C20H32NO4+. The second kappa shape index (κ2) is 10.9. The van der Waals surface area contributed by atoms with Crippen molar-refractivity contribution in [2.75, 3.05) is 32.8 Å². The normalized spacial score (nSPS) is 11.2. The molecule has 0 atom stereocenters. The van der Waals surface area contributed by atoms with Gasteiger partial charge in [-0.1, -0.05) is 26.0 Å². The number of carbonyl (C=O) groups excluding carboxylic acids is 2. The van der Waals surface area contributed by atoms with Gasteiger partial charge in [0.05, 0.1) is 25.2 Å². The predicted octanol–water partition coefficient (Wildman–Crippen LogP) is 3.56. The molecule has 0 saturated carbocycles. The van der Waals surface area contributed by atoms with Gasteiger partial charge in [0.25, 0.3) is 0 Å². The molecule has 1 aromatic rings. The first kappa shape index (κ1) is 21.2. The summed E-state index contributed by atoms with van der Waals surface area (Å²) in [6, 6.07) is 7.03. The third-order valence-electron chi connectivity index (χ3n) is 4.47. The fraction of sp³-hybridized carbons (Fsp3) is 0.600. The zero-order valence-corrected chi connectivity index (χ0v) is 16.0. The van der Waals surface area contributed by atoms with Gasteiger partial charge in [0, 0.05) is 6.92 Å². The molecule has 5 heteroatoms. The van der Waals surface area contributed by atoms with Gasteiger partial charge in [0.15, 0.2) is 0 Å². The molecule has 0 aromatic heterocycles. The van der Waals surface area contributed by atoms with Crippen molar-refractivity contribution in [3.63, 3.8) is 0 Å². The van der Waals surface area contributed by atoms with Crippen LogP contribution in [0.3, 0.4) is 0 Å². The summed E-state index contributed by atoms with van der Waals surface area (Å²) >= 11 is 0. The Balaban J connectivity index is 2.60. The SMILES string of the molecule is CCC[N+](CC)(CCC)CCOC(=O)c1cccc(COC(C)=O)c1. The highest BCUT2D eigenvalue weighted by atomic mass is 16.5. The molecular weight excluding hydrogens is 318 g/mol. The summed E-state index contributed by atoms with van der Waals surface area (Å²) in [6.45, 7) is 12.7. The molecule has 5 nitrogen and oxygen atoms in total. The number of benzene rings is 1. The molecule has 0 saturated heterocycles. The van der Waals surface area contributed by atoms with Crippen LogP contribution in [0, 0.1) is 0 Å². The maximum absolute atomic E-state index is 12.3. The Hall–Kier alpha value is -1.88. The third-order valence-corrected chi connectivity index (χ3v) is 4.47. The van der Waals surface area contributed by atoms with Gasteiger partial charge < -0.3 is 14.0 Å². The largest absolute Gasteiger partial charge is 0.461 e. The molecule has 0 aliphatic carbocycles. The average Bonchev–Trinajstić information content (AvgIpc) is 2.60. The Morgan fingerprint density at radius 2 is 1.68 bits per heavy atom. The Labute approximate surface area is 151 Å². The average molecular weight is 350 g/mol. The van der Waals surface area contributed by atoms with E-state index < -0.39 is 0 Å². The van der Waals surface area contributed by atoms with Crippen LogP contribution in [0.2, 0.25) is 0 Å². The highest BCUT2D eigenvalue weighted by Gasteiger charge is 2.23. The summed E-state index contributed by atoms with van der Waals surface area (Å²) in [5.74, 6) is -0.666. The maximum atomic E-state index is 12.3. The van der Waals surface area contributed by atoms with Crippen LogP contribution < -0.4 is 0 Å². The Morgan fingerprint density at radius 3 is 2.24 bits per heavy atom. The smallest absolute Gasteiger partial charge is 0.338 e. The molecule has 25 heavy (non-hydrogen) atoms. The predicted molar refractivity (Wildman–Crippen MR) is 98.2 cm³/mol.